The maximum atomic E-state index is 10.9. The van der Waals surface area contributed by atoms with E-state index in [9.17, 15) is 4.79 Å². The number of hydrogen-bond donors (Lipinski definition) is 2. The number of anilines is 3. The van der Waals surface area contributed by atoms with Gasteiger partial charge in [0.15, 0.2) is 0 Å². The third kappa shape index (κ3) is 3.58. The van der Waals surface area contributed by atoms with Crippen LogP contribution in [-0.2, 0) is 11.3 Å². The Labute approximate surface area is 112 Å². The van der Waals surface area contributed by atoms with Crippen LogP contribution in [0.5, 0.6) is 0 Å². The molecule has 2 aromatic rings. The SMILES string of the molecule is CCCn1ccnc1Nc1ccc(NC(C)=O)cc1. The topological polar surface area (TPSA) is 59.0 Å². The number of amides is 1. The van der Waals surface area contributed by atoms with Crippen molar-refractivity contribution in [3.63, 3.8) is 0 Å². The van der Waals surface area contributed by atoms with Crippen molar-refractivity contribution in [2.75, 3.05) is 10.6 Å². The van der Waals surface area contributed by atoms with Crippen LogP contribution >= 0.6 is 0 Å². The Morgan fingerprint density at radius 1 is 1.26 bits per heavy atom. The number of carbonyl (C=O) groups is 1. The van der Waals surface area contributed by atoms with Gasteiger partial charge in [-0.1, -0.05) is 6.92 Å². The number of nitrogens with zero attached hydrogens (tertiary/aromatic N) is 2. The second-order valence-corrected chi connectivity index (χ2v) is 4.33. The van der Waals surface area contributed by atoms with E-state index in [2.05, 4.69) is 27.1 Å². The van der Waals surface area contributed by atoms with E-state index in [0.717, 1.165) is 30.3 Å². The van der Waals surface area contributed by atoms with E-state index in [1.165, 1.54) is 6.92 Å². The summed E-state index contributed by atoms with van der Waals surface area (Å²) in [5.41, 5.74) is 1.73. The minimum Gasteiger partial charge on any atom is -0.326 e. The van der Waals surface area contributed by atoms with Crippen LogP contribution in [0, 0.1) is 0 Å². The van der Waals surface area contributed by atoms with Crippen molar-refractivity contribution in [3.05, 3.63) is 36.7 Å². The molecule has 5 nitrogen and oxygen atoms in total. The molecule has 0 unspecified atom stereocenters. The van der Waals surface area contributed by atoms with Crippen molar-refractivity contribution >= 4 is 23.2 Å². The Morgan fingerprint density at radius 2 is 1.95 bits per heavy atom. The summed E-state index contributed by atoms with van der Waals surface area (Å²) in [5, 5.41) is 5.99. The molecule has 5 heteroatoms. The van der Waals surface area contributed by atoms with Crippen LogP contribution in [0.4, 0.5) is 17.3 Å². The first kappa shape index (κ1) is 13.1. The quantitative estimate of drug-likeness (QED) is 0.866. The summed E-state index contributed by atoms with van der Waals surface area (Å²) >= 11 is 0. The number of carbonyl (C=O) groups excluding carboxylic acids is 1. The zero-order valence-electron chi connectivity index (χ0n) is 11.2. The van der Waals surface area contributed by atoms with E-state index in [1.807, 2.05) is 30.5 Å². The number of imidazole rings is 1. The van der Waals surface area contributed by atoms with Gasteiger partial charge in [-0.3, -0.25) is 4.79 Å². The number of hydrogen-bond acceptors (Lipinski definition) is 3. The van der Waals surface area contributed by atoms with Crippen LogP contribution in [0.25, 0.3) is 0 Å². The average molecular weight is 258 g/mol. The maximum Gasteiger partial charge on any atom is 0.221 e. The lowest BCUT2D eigenvalue weighted by molar-refractivity contribution is -0.114. The molecule has 1 heterocycles. The Kier molecular flexibility index (Phi) is 4.18. The number of aromatic nitrogens is 2. The zero-order chi connectivity index (χ0) is 13.7. The van der Waals surface area contributed by atoms with Gasteiger partial charge in [0.2, 0.25) is 11.9 Å². The van der Waals surface area contributed by atoms with Crippen LogP contribution in [0.3, 0.4) is 0 Å². The van der Waals surface area contributed by atoms with Gasteiger partial charge in [-0.2, -0.15) is 0 Å². The number of rotatable bonds is 5. The molecular weight excluding hydrogens is 240 g/mol. The zero-order valence-corrected chi connectivity index (χ0v) is 11.2. The molecule has 1 aromatic heterocycles. The molecule has 1 amide bonds. The third-order valence-corrected chi connectivity index (χ3v) is 2.64. The van der Waals surface area contributed by atoms with Gasteiger partial charge in [-0.05, 0) is 30.7 Å². The van der Waals surface area contributed by atoms with E-state index < -0.39 is 0 Å². The molecule has 19 heavy (non-hydrogen) atoms. The summed E-state index contributed by atoms with van der Waals surface area (Å²) in [6.07, 6.45) is 4.80. The highest BCUT2D eigenvalue weighted by Crippen LogP contribution is 2.18. The predicted octanol–water partition coefficient (Wildman–Crippen LogP) is 3.00. The number of nitrogens with one attached hydrogen (secondary N) is 2. The summed E-state index contributed by atoms with van der Waals surface area (Å²) in [6, 6.07) is 7.54. The highest BCUT2D eigenvalue weighted by Gasteiger charge is 2.02. The fourth-order valence-electron chi connectivity index (χ4n) is 1.82. The Morgan fingerprint density at radius 3 is 2.58 bits per heavy atom. The molecule has 0 atom stereocenters. The molecule has 1 aromatic carbocycles. The van der Waals surface area contributed by atoms with Crippen LogP contribution in [-0.4, -0.2) is 15.5 Å². The first-order valence-corrected chi connectivity index (χ1v) is 6.35. The lowest BCUT2D eigenvalue weighted by Gasteiger charge is -2.09. The van der Waals surface area contributed by atoms with Gasteiger partial charge in [0.05, 0.1) is 0 Å². The van der Waals surface area contributed by atoms with E-state index >= 15 is 0 Å². The van der Waals surface area contributed by atoms with Crippen LogP contribution in [0.1, 0.15) is 20.3 Å². The molecule has 100 valence electrons. The van der Waals surface area contributed by atoms with Crippen molar-refractivity contribution in [2.24, 2.45) is 0 Å². The molecule has 0 radical (unpaired) electrons. The lowest BCUT2D eigenvalue weighted by atomic mass is 10.3. The monoisotopic (exact) mass is 258 g/mol. The average Bonchev–Trinajstić information content (AvgIpc) is 2.79. The first-order chi connectivity index (χ1) is 9.19. The smallest absolute Gasteiger partial charge is 0.221 e. The van der Waals surface area contributed by atoms with Crippen molar-refractivity contribution in [2.45, 2.75) is 26.8 Å². The fourth-order valence-corrected chi connectivity index (χ4v) is 1.82. The van der Waals surface area contributed by atoms with Gasteiger partial charge in [0.25, 0.3) is 0 Å². The number of benzene rings is 1. The van der Waals surface area contributed by atoms with Crippen LogP contribution in [0.2, 0.25) is 0 Å². The van der Waals surface area contributed by atoms with Crippen LogP contribution < -0.4 is 10.6 Å². The van der Waals surface area contributed by atoms with Gasteiger partial charge in [0, 0.05) is 37.2 Å². The van der Waals surface area contributed by atoms with E-state index in [4.69, 9.17) is 0 Å². The molecular formula is C14H18N4O. The van der Waals surface area contributed by atoms with E-state index in [0.29, 0.717) is 0 Å². The maximum absolute atomic E-state index is 10.9. The minimum atomic E-state index is -0.0702. The Hall–Kier alpha value is -2.30. The molecule has 0 bridgehead atoms. The summed E-state index contributed by atoms with van der Waals surface area (Å²) < 4.78 is 2.07. The lowest BCUT2D eigenvalue weighted by Crippen LogP contribution is -2.06. The third-order valence-electron chi connectivity index (χ3n) is 2.64. The fraction of sp³-hybridized carbons (Fsp3) is 0.286. The Balaban J connectivity index is 2.06. The molecule has 0 saturated heterocycles. The molecule has 0 aliphatic carbocycles. The molecule has 0 spiro atoms. The van der Waals surface area contributed by atoms with Crippen molar-refractivity contribution in [1.29, 1.82) is 0 Å². The van der Waals surface area contributed by atoms with Gasteiger partial charge in [-0.15, -0.1) is 0 Å². The second-order valence-electron chi connectivity index (χ2n) is 4.33. The second kappa shape index (κ2) is 6.04. The molecule has 0 aliphatic rings. The molecule has 0 aliphatic heterocycles. The number of aryl methyl sites for hydroxylation is 1. The Bertz CT molecular complexity index is 545. The minimum absolute atomic E-state index is 0.0702. The molecule has 2 rings (SSSR count). The highest BCUT2D eigenvalue weighted by molar-refractivity contribution is 5.88. The highest BCUT2D eigenvalue weighted by atomic mass is 16.1. The van der Waals surface area contributed by atoms with E-state index in [1.54, 1.807) is 6.20 Å². The van der Waals surface area contributed by atoms with Gasteiger partial charge in [0.1, 0.15) is 0 Å². The van der Waals surface area contributed by atoms with Crippen molar-refractivity contribution < 1.29 is 4.79 Å². The first-order valence-electron chi connectivity index (χ1n) is 6.35. The van der Waals surface area contributed by atoms with Gasteiger partial charge < -0.3 is 15.2 Å². The predicted molar refractivity (Wildman–Crippen MR) is 76.5 cm³/mol. The largest absolute Gasteiger partial charge is 0.326 e. The standard InChI is InChI=1S/C14H18N4O/c1-3-9-18-10-8-15-14(18)17-13-6-4-12(5-7-13)16-11(2)19/h4-8,10H,3,9H2,1-2H3,(H,15,17)(H,16,19). The summed E-state index contributed by atoms with van der Waals surface area (Å²) in [5.74, 6) is 0.758. The molecule has 0 fully saturated rings. The normalized spacial score (nSPS) is 10.2. The summed E-state index contributed by atoms with van der Waals surface area (Å²) in [7, 11) is 0. The van der Waals surface area contributed by atoms with Crippen LogP contribution in [0.15, 0.2) is 36.7 Å². The van der Waals surface area contributed by atoms with Crippen molar-refractivity contribution in [1.82, 2.24) is 9.55 Å². The van der Waals surface area contributed by atoms with Gasteiger partial charge in [-0.25, -0.2) is 4.98 Å². The molecule has 0 saturated carbocycles. The summed E-state index contributed by atoms with van der Waals surface area (Å²) in [4.78, 5) is 15.2. The van der Waals surface area contributed by atoms with E-state index in [-0.39, 0.29) is 5.91 Å². The summed E-state index contributed by atoms with van der Waals surface area (Å²) in [6.45, 7) is 4.56. The van der Waals surface area contributed by atoms with Gasteiger partial charge >= 0.3 is 0 Å². The molecule has 2 N–H and O–H groups in total. The van der Waals surface area contributed by atoms with Crippen molar-refractivity contribution in [3.8, 4) is 0 Å².